The highest BCUT2D eigenvalue weighted by Gasteiger charge is 2.51. The number of benzene rings is 1. The molecule has 1 aromatic carbocycles. The van der Waals surface area contributed by atoms with Crippen LogP contribution >= 0.6 is 0 Å². The summed E-state index contributed by atoms with van der Waals surface area (Å²) >= 11 is 0. The van der Waals surface area contributed by atoms with Gasteiger partial charge in [0.05, 0.1) is 20.2 Å². The number of ketones is 1. The Kier molecular flexibility index (Phi) is 7.32. The largest absolute Gasteiger partial charge is 0.504 e. The normalized spacial score (nSPS) is 21.0. The fourth-order valence-corrected chi connectivity index (χ4v) is 3.78. The van der Waals surface area contributed by atoms with Crippen LogP contribution in [-0.2, 0) is 30.5 Å². The maximum atomic E-state index is 14.0. The first-order chi connectivity index (χ1) is 16.0. The molecule has 2 atom stereocenters. The van der Waals surface area contributed by atoms with E-state index in [0.717, 1.165) is 0 Å². The summed E-state index contributed by atoms with van der Waals surface area (Å²) < 4.78 is 33.0. The Bertz CT molecular complexity index is 1020. The van der Waals surface area contributed by atoms with Crippen molar-refractivity contribution in [1.29, 1.82) is 0 Å². The van der Waals surface area contributed by atoms with Crippen molar-refractivity contribution in [3.8, 4) is 11.5 Å². The number of carbonyl (C=O) groups is 5. The van der Waals surface area contributed by atoms with Crippen molar-refractivity contribution in [3.05, 3.63) is 23.8 Å². The zero-order valence-corrected chi connectivity index (χ0v) is 18.2. The minimum atomic E-state index is -3.39. The van der Waals surface area contributed by atoms with E-state index in [4.69, 9.17) is 4.74 Å². The van der Waals surface area contributed by atoms with Gasteiger partial charge in [-0.15, -0.1) is 0 Å². The van der Waals surface area contributed by atoms with Crippen LogP contribution in [0, 0.1) is 0 Å². The van der Waals surface area contributed by atoms with Crippen LogP contribution in [0.5, 0.6) is 11.5 Å². The average Bonchev–Trinajstić information content (AvgIpc) is 3.37. The number of hydrogen-bond donors (Lipinski definition) is 4. The topological polar surface area (TPSA) is 154 Å². The first-order valence-electron chi connectivity index (χ1n) is 10.4. The van der Waals surface area contributed by atoms with Crippen molar-refractivity contribution in [2.45, 2.75) is 43.8 Å². The van der Waals surface area contributed by atoms with Gasteiger partial charge in [-0.25, -0.2) is 8.78 Å². The molecule has 0 aromatic heterocycles. The molecule has 0 radical (unpaired) electrons. The third-order valence-electron chi connectivity index (χ3n) is 5.54. The predicted molar refractivity (Wildman–Crippen MR) is 111 cm³/mol. The van der Waals surface area contributed by atoms with Gasteiger partial charge in [-0.05, 0) is 24.1 Å². The number of alkyl halides is 2. The number of likely N-dealkylation sites (tertiary alicyclic amines) is 1. The maximum absolute atomic E-state index is 14.0. The predicted octanol–water partition coefficient (Wildman–Crippen LogP) is -0.783. The third kappa shape index (κ3) is 5.77. The van der Waals surface area contributed by atoms with Gasteiger partial charge in [0.25, 0.3) is 11.8 Å². The van der Waals surface area contributed by atoms with Crippen molar-refractivity contribution in [1.82, 2.24) is 20.9 Å². The maximum Gasteiger partial charge on any atom is 0.289 e. The quantitative estimate of drug-likeness (QED) is 0.354. The summed E-state index contributed by atoms with van der Waals surface area (Å²) in [6.07, 6.45) is -0.624. The molecule has 1 aromatic rings. The van der Waals surface area contributed by atoms with E-state index in [1.807, 2.05) is 0 Å². The lowest BCUT2D eigenvalue weighted by molar-refractivity contribution is -0.144. The number of carbonyl (C=O) groups excluding carboxylic acids is 5. The van der Waals surface area contributed by atoms with Crippen molar-refractivity contribution in [3.63, 3.8) is 0 Å². The highest BCUT2D eigenvalue weighted by Crippen LogP contribution is 2.32. The van der Waals surface area contributed by atoms with E-state index < -0.39 is 61.0 Å². The van der Waals surface area contributed by atoms with Crippen molar-refractivity contribution in [2.75, 3.05) is 20.2 Å². The molecule has 0 bridgehead atoms. The van der Waals surface area contributed by atoms with Crippen molar-refractivity contribution >= 4 is 29.4 Å². The molecule has 0 spiro atoms. The minimum absolute atomic E-state index is 0.159. The third-order valence-corrected chi connectivity index (χ3v) is 5.54. The molecule has 34 heavy (non-hydrogen) atoms. The van der Waals surface area contributed by atoms with Gasteiger partial charge in [-0.1, -0.05) is 6.07 Å². The van der Waals surface area contributed by atoms with Crippen LogP contribution in [0.25, 0.3) is 0 Å². The Labute approximate surface area is 192 Å². The lowest BCUT2D eigenvalue weighted by Crippen LogP contribution is -2.51. The van der Waals surface area contributed by atoms with Gasteiger partial charge in [0.2, 0.25) is 23.5 Å². The molecular weight excluding hydrogens is 458 g/mol. The summed E-state index contributed by atoms with van der Waals surface area (Å²) in [6.45, 7) is -1.92. The van der Waals surface area contributed by atoms with E-state index in [1.165, 1.54) is 25.3 Å². The summed E-state index contributed by atoms with van der Waals surface area (Å²) in [6, 6.07) is 1.76. The van der Waals surface area contributed by atoms with Crippen LogP contribution in [0.1, 0.15) is 24.8 Å². The number of hydrogen-bond acceptors (Lipinski definition) is 7. The molecule has 13 heteroatoms. The zero-order chi connectivity index (χ0) is 25.0. The molecule has 3 rings (SSSR count). The molecule has 0 saturated carbocycles. The van der Waals surface area contributed by atoms with Crippen LogP contribution in [0.15, 0.2) is 18.2 Å². The van der Waals surface area contributed by atoms with Crippen LogP contribution in [-0.4, -0.2) is 77.6 Å². The Morgan fingerprint density at radius 2 is 2.00 bits per heavy atom. The average molecular weight is 482 g/mol. The number of nitrogens with zero attached hydrogens (tertiary/aromatic N) is 1. The van der Waals surface area contributed by atoms with Gasteiger partial charge >= 0.3 is 0 Å². The standard InChI is InChI=1S/C21H24F2N4O7/c1-34-15-4-2-11(6-14(15)28)8-24-20(33)18(31)13-7-21(22,23)10-27(13)17(30)9-25-19(32)12-3-5-16(29)26-12/h2,4,6,12-13,28H,3,5,7-10H2,1H3,(H,24,33)(H,25,32)(H,26,29). The number of phenolic OH excluding ortho intramolecular Hbond substituents is 1. The van der Waals surface area contributed by atoms with Gasteiger partial charge in [0, 0.05) is 19.4 Å². The molecule has 2 saturated heterocycles. The van der Waals surface area contributed by atoms with Crippen molar-refractivity contribution in [2.24, 2.45) is 0 Å². The van der Waals surface area contributed by atoms with Crippen molar-refractivity contribution < 1.29 is 42.6 Å². The summed E-state index contributed by atoms with van der Waals surface area (Å²) in [7, 11) is 1.36. The van der Waals surface area contributed by atoms with Crippen LogP contribution in [0.3, 0.4) is 0 Å². The molecule has 2 aliphatic heterocycles. The molecule has 2 fully saturated rings. The fraction of sp³-hybridized carbons (Fsp3) is 0.476. The first kappa shape index (κ1) is 24.9. The zero-order valence-electron chi connectivity index (χ0n) is 18.2. The SMILES string of the molecule is COc1ccc(CNC(=O)C(=O)C2CC(F)(F)CN2C(=O)CNC(=O)C2CCC(=O)N2)cc1O. The van der Waals surface area contributed by atoms with Gasteiger partial charge in [0.15, 0.2) is 11.5 Å². The summed E-state index contributed by atoms with van der Waals surface area (Å²) in [5.74, 6) is -7.68. The molecule has 4 amide bonds. The van der Waals surface area contributed by atoms with E-state index in [0.29, 0.717) is 10.5 Å². The Hall–Kier alpha value is -3.77. The van der Waals surface area contributed by atoms with Gasteiger partial charge < -0.3 is 30.7 Å². The number of halogens is 2. The summed E-state index contributed by atoms with van der Waals surface area (Å²) in [5.41, 5.74) is 0.422. The first-order valence-corrected chi connectivity index (χ1v) is 10.4. The molecule has 2 unspecified atom stereocenters. The second kappa shape index (κ2) is 10.0. The Morgan fingerprint density at radius 1 is 1.26 bits per heavy atom. The van der Waals surface area contributed by atoms with E-state index in [2.05, 4.69) is 16.0 Å². The number of phenols is 1. The van der Waals surface area contributed by atoms with Gasteiger partial charge in [0.1, 0.15) is 12.1 Å². The lowest BCUT2D eigenvalue weighted by atomic mass is 10.1. The fourth-order valence-electron chi connectivity index (χ4n) is 3.78. The number of rotatable bonds is 8. The number of nitrogens with one attached hydrogen (secondary N) is 3. The second-order valence-electron chi connectivity index (χ2n) is 8.03. The van der Waals surface area contributed by atoms with Crippen LogP contribution in [0.2, 0.25) is 0 Å². The Morgan fingerprint density at radius 3 is 2.62 bits per heavy atom. The highest BCUT2D eigenvalue weighted by atomic mass is 19.3. The lowest BCUT2D eigenvalue weighted by Gasteiger charge is -2.23. The summed E-state index contributed by atoms with van der Waals surface area (Å²) in [5, 5.41) is 16.7. The van der Waals surface area contributed by atoms with Crippen LogP contribution < -0.4 is 20.7 Å². The van der Waals surface area contributed by atoms with E-state index >= 15 is 0 Å². The minimum Gasteiger partial charge on any atom is -0.504 e. The van der Waals surface area contributed by atoms with E-state index in [-0.39, 0.29) is 36.8 Å². The number of amides is 4. The highest BCUT2D eigenvalue weighted by molar-refractivity contribution is 6.38. The molecule has 2 aliphatic rings. The summed E-state index contributed by atoms with van der Waals surface area (Å²) in [4.78, 5) is 61.2. The number of aromatic hydroxyl groups is 1. The van der Waals surface area contributed by atoms with E-state index in [9.17, 15) is 37.9 Å². The Balaban J connectivity index is 1.59. The van der Waals surface area contributed by atoms with Crippen LogP contribution in [0.4, 0.5) is 8.78 Å². The molecule has 11 nitrogen and oxygen atoms in total. The number of ether oxygens (including phenoxy) is 1. The molecular formula is C21H24F2N4O7. The molecule has 4 N–H and O–H groups in total. The van der Waals surface area contributed by atoms with Gasteiger partial charge in [-0.2, -0.15) is 0 Å². The molecule has 184 valence electrons. The molecule has 2 heterocycles. The smallest absolute Gasteiger partial charge is 0.289 e. The van der Waals surface area contributed by atoms with Gasteiger partial charge in [-0.3, -0.25) is 24.0 Å². The number of methoxy groups -OCH3 is 1. The van der Waals surface area contributed by atoms with E-state index in [1.54, 1.807) is 0 Å². The molecule has 0 aliphatic carbocycles. The second-order valence-corrected chi connectivity index (χ2v) is 8.03. The number of Topliss-reactive ketones (excluding diaryl/α,β-unsaturated/α-hetero) is 1. The monoisotopic (exact) mass is 482 g/mol.